The van der Waals surface area contributed by atoms with Gasteiger partial charge in [0.05, 0.1) is 23.6 Å². The molecule has 26 heavy (non-hydrogen) atoms. The number of para-hydroxylation sites is 2. The molecule has 3 aromatic rings. The average Bonchev–Trinajstić information content (AvgIpc) is 3.22. The molecule has 2 heterocycles. The maximum Gasteiger partial charge on any atom is 0.146 e. The smallest absolute Gasteiger partial charge is 0.146 e. The molecule has 4 nitrogen and oxygen atoms in total. The number of hydrogen-bond donors (Lipinski definition) is 0. The molecule has 1 fully saturated rings. The van der Waals surface area contributed by atoms with Crippen LogP contribution in [0.4, 0.5) is 0 Å². The Morgan fingerprint density at radius 3 is 2.69 bits per heavy atom. The van der Waals surface area contributed by atoms with Crippen LogP contribution in [0.3, 0.4) is 0 Å². The summed E-state index contributed by atoms with van der Waals surface area (Å²) in [6.07, 6.45) is 2.02. The van der Waals surface area contributed by atoms with Gasteiger partial charge < -0.3 is 4.57 Å². The van der Waals surface area contributed by atoms with Crippen LogP contribution in [0.5, 0.6) is 0 Å². The Morgan fingerprint density at radius 2 is 1.92 bits per heavy atom. The van der Waals surface area contributed by atoms with Gasteiger partial charge in [0, 0.05) is 11.6 Å². The van der Waals surface area contributed by atoms with Gasteiger partial charge in [-0.15, -0.1) is 0 Å². The number of hydrogen-bond acceptors (Lipinski definition) is 3. The minimum absolute atomic E-state index is 0.0267. The monoisotopic (exact) mass is 367 g/mol. The first-order valence-corrected chi connectivity index (χ1v) is 9.43. The maximum atomic E-state index is 11.9. The lowest BCUT2D eigenvalue weighted by atomic mass is 10.1. The normalized spacial score (nSPS) is 17.8. The van der Waals surface area contributed by atoms with Crippen molar-refractivity contribution in [1.82, 2.24) is 14.5 Å². The van der Waals surface area contributed by atoms with Crippen LogP contribution < -0.4 is 0 Å². The molecule has 0 amide bonds. The van der Waals surface area contributed by atoms with E-state index in [-0.39, 0.29) is 11.8 Å². The zero-order chi connectivity index (χ0) is 18.1. The second kappa shape index (κ2) is 7.22. The lowest BCUT2D eigenvalue weighted by Crippen LogP contribution is -2.35. The molecule has 134 valence electrons. The number of carbonyl (C=O) groups excluding carboxylic acids is 1. The third kappa shape index (κ3) is 3.39. The summed E-state index contributed by atoms with van der Waals surface area (Å²) in [5.74, 6) is 1.26. The van der Waals surface area contributed by atoms with Crippen LogP contribution in [0.1, 0.15) is 31.2 Å². The highest BCUT2D eigenvalue weighted by atomic mass is 35.5. The van der Waals surface area contributed by atoms with Gasteiger partial charge >= 0.3 is 0 Å². The number of likely N-dealkylation sites (tertiary alicyclic amines) is 1. The van der Waals surface area contributed by atoms with Crippen molar-refractivity contribution in [3.8, 4) is 0 Å². The number of halogens is 1. The van der Waals surface area contributed by atoms with Gasteiger partial charge in [0.1, 0.15) is 11.6 Å². The van der Waals surface area contributed by atoms with Gasteiger partial charge in [0.15, 0.2) is 0 Å². The fourth-order valence-corrected chi connectivity index (χ4v) is 3.98. The Kier molecular flexibility index (Phi) is 4.79. The lowest BCUT2D eigenvalue weighted by Gasteiger charge is -2.22. The Bertz CT molecular complexity index is 932. The Labute approximate surface area is 158 Å². The van der Waals surface area contributed by atoms with E-state index in [4.69, 9.17) is 16.6 Å². The van der Waals surface area contributed by atoms with Crippen LogP contribution in [0.25, 0.3) is 11.0 Å². The number of carbonyl (C=O) groups is 1. The summed E-state index contributed by atoms with van der Waals surface area (Å²) in [6, 6.07) is 16.2. The van der Waals surface area contributed by atoms with E-state index in [0.717, 1.165) is 47.8 Å². The molecular weight excluding hydrogens is 346 g/mol. The molecule has 0 aliphatic carbocycles. The van der Waals surface area contributed by atoms with Crippen LogP contribution in [0, 0.1) is 0 Å². The highest BCUT2D eigenvalue weighted by molar-refractivity contribution is 6.30. The molecular formula is C21H22ClN3O. The van der Waals surface area contributed by atoms with E-state index < -0.39 is 0 Å². The standard InChI is InChI=1S/C21H22ClN3O/c1-15(26)19-7-4-12-24(19)14-21-23-18-5-2-3-6-20(18)25(21)13-16-8-10-17(22)11-9-16/h2-3,5-6,8-11,19H,4,7,12-14H2,1H3. The molecule has 1 saturated heterocycles. The molecule has 1 unspecified atom stereocenters. The zero-order valence-electron chi connectivity index (χ0n) is 14.9. The quantitative estimate of drug-likeness (QED) is 0.675. The number of nitrogens with zero attached hydrogens (tertiary/aromatic N) is 3. The number of rotatable bonds is 5. The third-order valence-electron chi connectivity index (χ3n) is 5.16. The molecule has 0 spiro atoms. The summed E-state index contributed by atoms with van der Waals surface area (Å²) in [5, 5.41) is 0.742. The molecule has 0 saturated carbocycles. The molecule has 1 atom stereocenters. The van der Waals surface area contributed by atoms with Crippen molar-refractivity contribution in [2.24, 2.45) is 0 Å². The molecule has 0 N–H and O–H groups in total. The first-order valence-electron chi connectivity index (χ1n) is 9.05. The Morgan fingerprint density at radius 1 is 1.15 bits per heavy atom. The molecule has 1 aromatic heterocycles. The number of aromatic nitrogens is 2. The SMILES string of the molecule is CC(=O)C1CCCN1Cc1nc2ccccc2n1Cc1ccc(Cl)cc1. The van der Waals surface area contributed by atoms with E-state index in [2.05, 4.69) is 27.7 Å². The zero-order valence-corrected chi connectivity index (χ0v) is 15.6. The van der Waals surface area contributed by atoms with Crippen LogP contribution in [0.15, 0.2) is 48.5 Å². The molecule has 0 radical (unpaired) electrons. The number of fused-ring (bicyclic) bond motifs is 1. The van der Waals surface area contributed by atoms with Crippen molar-refractivity contribution in [3.63, 3.8) is 0 Å². The van der Waals surface area contributed by atoms with Gasteiger partial charge in [0.2, 0.25) is 0 Å². The highest BCUT2D eigenvalue weighted by Crippen LogP contribution is 2.24. The predicted octanol–water partition coefficient (Wildman–Crippen LogP) is 4.29. The van der Waals surface area contributed by atoms with Crippen LogP contribution in [0.2, 0.25) is 5.02 Å². The summed E-state index contributed by atoms with van der Waals surface area (Å²) < 4.78 is 2.26. The topological polar surface area (TPSA) is 38.1 Å². The maximum absolute atomic E-state index is 11.9. The van der Waals surface area contributed by atoms with Gasteiger partial charge in [-0.25, -0.2) is 4.98 Å². The summed E-state index contributed by atoms with van der Waals surface area (Å²) in [5.41, 5.74) is 3.30. The van der Waals surface area contributed by atoms with E-state index in [0.29, 0.717) is 6.54 Å². The fraction of sp³-hybridized carbons (Fsp3) is 0.333. The number of imidazole rings is 1. The fourth-order valence-electron chi connectivity index (χ4n) is 3.85. The van der Waals surface area contributed by atoms with Crippen molar-refractivity contribution in [3.05, 3.63) is 64.9 Å². The Balaban J connectivity index is 1.69. The van der Waals surface area contributed by atoms with Crippen LogP contribution in [-0.2, 0) is 17.9 Å². The van der Waals surface area contributed by atoms with Gasteiger partial charge in [-0.05, 0) is 56.1 Å². The van der Waals surface area contributed by atoms with E-state index in [1.807, 2.05) is 30.3 Å². The number of benzene rings is 2. The minimum atomic E-state index is 0.0267. The average molecular weight is 368 g/mol. The summed E-state index contributed by atoms with van der Waals surface area (Å²) in [6.45, 7) is 4.09. The van der Waals surface area contributed by atoms with E-state index in [9.17, 15) is 4.79 Å². The van der Waals surface area contributed by atoms with Crippen molar-refractivity contribution in [2.75, 3.05) is 6.54 Å². The first-order chi connectivity index (χ1) is 12.6. The molecule has 0 bridgehead atoms. The van der Waals surface area contributed by atoms with Crippen molar-refractivity contribution < 1.29 is 4.79 Å². The number of ketones is 1. The second-order valence-corrected chi connectivity index (χ2v) is 7.40. The van der Waals surface area contributed by atoms with Crippen molar-refractivity contribution >= 4 is 28.4 Å². The van der Waals surface area contributed by atoms with Gasteiger partial charge in [-0.2, -0.15) is 0 Å². The van der Waals surface area contributed by atoms with Gasteiger partial charge in [-0.1, -0.05) is 35.9 Å². The van der Waals surface area contributed by atoms with E-state index in [1.165, 1.54) is 5.56 Å². The minimum Gasteiger partial charge on any atom is -0.322 e. The van der Waals surface area contributed by atoms with Gasteiger partial charge in [0.25, 0.3) is 0 Å². The van der Waals surface area contributed by atoms with Crippen LogP contribution >= 0.6 is 11.6 Å². The Hall–Kier alpha value is -2.17. The molecule has 1 aliphatic heterocycles. The van der Waals surface area contributed by atoms with E-state index in [1.54, 1.807) is 6.92 Å². The first kappa shape index (κ1) is 17.3. The molecule has 5 heteroatoms. The largest absolute Gasteiger partial charge is 0.322 e. The second-order valence-electron chi connectivity index (χ2n) is 6.97. The molecule has 1 aliphatic rings. The van der Waals surface area contributed by atoms with Gasteiger partial charge in [-0.3, -0.25) is 9.69 Å². The highest BCUT2D eigenvalue weighted by Gasteiger charge is 2.29. The summed E-state index contributed by atoms with van der Waals surface area (Å²) in [4.78, 5) is 19.1. The number of Topliss-reactive ketones (excluding diaryl/α,β-unsaturated/α-hetero) is 1. The molecule has 4 rings (SSSR count). The molecule has 2 aromatic carbocycles. The van der Waals surface area contributed by atoms with Crippen molar-refractivity contribution in [1.29, 1.82) is 0 Å². The van der Waals surface area contributed by atoms with Crippen LogP contribution in [-0.4, -0.2) is 32.8 Å². The lowest BCUT2D eigenvalue weighted by molar-refractivity contribution is -0.121. The third-order valence-corrected chi connectivity index (χ3v) is 5.42. The summed E-state index contributed by atoms with van der Waals surface area (Å²) in [7, 11) is 0. The van der Waals surface area contributed by atoms with E-state index >= 15 is 0 Å². The predicted molar refractivity (Wildman–Crippen MR) is 104 cm³/mol. The summed E-state index contributed by atoms with van der Waals surface area (Å²) >= 11 is 6.02. The van der Waals surface area contributed by atoms with Crippen molar-refractivity contribution in [2.45, 2.75) is 38.9 Å².